The summed E-state index contributed by atoms with van der Waals surface area (Å²) in [7, 11) is 0. The molecule has 0 bridgehead atoms. The first-order chi connectivity index (χ1) is 4.61. The minimum absolute atomic E-state index is 0.386. The van der Waals surface area contributed by atoms with Gasteiger partial charge in [0.2, 0.25) is 0 Å². The maximum atomic E-state index is 10.6. The van der Waals surface area contributed by atoms with Crippen molar-refractivity contribution >= 4 is 38.2 Å². The zero-order chi connectivity index (χ0) is 7.72. The highest BCUT2D eigenvalue weighted by molar-refractivity contribution is 9.11. The van der Waals surface area contributed by atoms with Crippen molar-refractivity contribution in [2.45, 2.75) is 0 Å². The molecule has 1 amide bonds. The lowest BCUT2D eigenvalue weighted by atomic mass is 10.3. The van der Waals surface area contributed by atoms with E-state index >= 15 is 0 Å². The Morgan fingerprint density at radius 1 is 1.70 bits per heavy atom. The van der Waals surface area contributed by atoms with E-state index in [1.165, 1.54) is 11.3 Å². The van der Waals surface area contributed by atoms with Crippen molar-refractivity contribution in [3.8, 4) is 0 Å². The van der Waals surface area contributed by atoms with Crippen LogP contribution in [0, 0.1) is 0 Å². The lowest BCUT2D eigenvalue weighted by Crippen LogP contribution is -2.11. The number of halogens is 1. The van der Waals surface area contributed by atoms with Crippen molar-refractivity contribution in [3.05, 3.63) is 15.4 Å². The second kappa shape index (κ2) is 2.59. The molecule has 3 nitrogen and oxygen atoms in total. The van der Waals surface area contributed by atoms with E-state index in [1.54, 1.807) is 6.07 Å². The van der Waals surface area contributed by atoms with Crippen molar-refractivity contribution in [3.63, 3.8) is 0 Å². The van der Waals surface area contributed by atoms with Gasteiger partial charge < -0.3 is 11.5 Å². The molecule has 0 saturated heterocycles. The summed E-state index contributed by atoms with van der Waals surface area (Å²) in [6.07, 6.45) is 0. The molecule has 0 aliphatic carbocycles. The highest BCUT2D eigenvalue weighted by Gasteiger charge is 2.08. The summed E-state index contributed by atoms with van der Waals surface area (Å²) in [5.74, 6) is -0.487. The fourth-order valence-electron chi connectivity index (χ4n) is 0.567. The van der Waals surface area contributed by atoms with Gasteiger partial charge in [0.1, 0.15) is 0 Å². The molecule has 4 N–H and O–H groups in total. The molecule has 0 atom stereocenters. The first kappa shape index (κ1) is 7.56. The number of nitrogens with two attached hydrogens (primary N) is 2. The molecule has 0 aliphatic rings. The third-order valence-electron chi connectivity index (χ3n) is 0.996. The van der Waals surface area contributed by atoms with Crippen molar-refractivity contribution in [2.24, 2.45) is 5.73 Å². The number of anilines is 1. The monoisotopic (exact) mass is 220 g/mol. The fraction of sp³-hybridized carbons (Fsp3) is 0. The van der Waals surface area contributed by atoms with Crippen LogP contribution in [0.1, 0.15) is 10.4 Å². The summed E-state index contributed by atoms with van der Waals surface area (Å²) < 4.78 is 0.818. The maximum Gasteiger partial charge on any atom is 0.251 e. The minimum atomic E-state index is -0.487. The summed E-state index contributed by atoms with van der Waals surface area (Å²) in [4.78, 5) is 10.6. The molecule has 1 aromatic rings. The molecule has 0 aromatic carbocycles. The van der Waals surface area contributed by atoms with Gasteiger partial charge in [-0.1, -0.05) is 0 Å². The molecule has 1 aromatic heterocycles. The topological polar surface area (TPSA) is 69.1 Å². The molecule has 0 spiro atoms. The Kier molecular flexibility index (Phi) is 1.96. The van der Waals surface area contributed by atoms with Gasteiger partial charge in [-0.3, -0.25) is 4.79 Å². The van der Waals surface area contributed by atoms with E-state index in [0.29, 0.717) is 10.6 Å². The van der Waals surface area contributed by atoms with E-state index in [4.69, 9.17) is 11.5 Å². The number of primary amides is 1. The number of hydrogen-bond donors (Lipinski definition) is 2. The summed E-state index contributed by atoms with van der Waals surface area (Å²) in [6.45, 7) is 0. The first-order valence-corrected chi connectivity index (χ1v) is 4.07. The van der Waals surface area contributed by atoms with Gasteiger partial charge in [0.05, 0.1) is 14.4 Å². The average Bonchev–Trinajstić information content (AvgIpc) is 2.10. The third-order valence-corrected chi connectivity index (χ3v) is 2.46. The molecule has 1 heterocycles. The minimum Gasteiger partial charge on any atom is -0.390 e. The van der Waals surface area contributed by atoms with Crippen molar-refractivity contribution in [2.75, 3.05) is 5.73 Å². The summed E-state index contributed by atoms with van der Waals surface area (Å²) in [5.41, 5.74) is 10.8. The maximum absolute atomic E-state index is 10.6. The largest absolute Gasteiger partial charge is 0.390 e. The van der Waals surface area contributed by atoms with E-state index in [2.05, 4.69) is 15.9 Å². The van der Waals surface area contributed by atoms with Crippen molar-refractivity contribution < 1.29 is 4.79 Å². The smallest absolute Gasteiger partial charge is 0.251 e. The standard InChI is InChI=1S/C5H5BrN2OS/c6-3-1-2(4(7)9)5(8)10-3/h1H,8H2,(H2,7,9). The Hall–Kier alpha value is -0.550. The van der Waals surface area contributed by atoms with Gasteiger partial charge >= 0.3 is 0 Å². The molecule has 0 unspecified atom stereocenters. The van der Waals surface area contributed by atoms with Gasteiger partial charge in [0.25, 0.3) is 5.91 Å². The van der Waals surface area contributed by atoms with Crippen LogP contribution in [0.3, 0.4) is 0 Å². The van der Waals surface area contributed by atoms with Crippen LogP contribution in [0.25, 0.3) is 0 Å². The molecule has 0 fully saturated rings. The second-order valence-electron chi connectivity index (χ2n) is 1.69. The number of hydrogen-bond acceptors (Lipinski definition) is 3. The van der Waals surface area contributed by atoms with Gasteiger partial charge in [-0.15, -0.1) is 11.3 Å². The molecule has 0 radical (unpaired) electrons. The zero-order valence-electron chi connectivity index (χ0n) is 4.93. The van der Waals surface area contributed by atoms with E-state index < -0.39 is 5.91 Å². The van der Waals surface area contributed by atoms with Gasteiger partial charge in [-0.2, -0.15) is 0 Å². The fourth-order valence-corrected chi connectivity index (χ4v) is 1.98. The first-order valence-electron chi connectivity index (χ1n) is 2.46. The molecule has 0 aliphatic heterocycles. The van der Waals surface area contributed by atoms with E-state index in [-0.39, 0.29) is 0 Å². The Morgan fingerprint density at radius 3 is 2.50 bits per heavy atom. The zero-order valence-corrected chi connectivity index (χ0v) is 7.33. The van der Waals surface area contributed by atoms with Gasteiger partial charge in [0, 0.05) is 0 Å². The number of carbonyl (C=O) groups is 1. The molecule has 0 saturated carbocycles. The summed E-state index contributed by atoms with van der Waals surface area (Å²) >= 11 is 4.47. The lowest BCUT2D eigenvalue weighted by Gasteiger charge is -1.87. The normalized spacial score (nSPS) is 9.70. The van der Waals surface area contributed by atoms with Gasteiger partial charge in [0.15, 0.2) is 0 Å². The van der Waals surface area contributed by atoms with Crippen molar-refractivity contribution in [1.29, 1.82) is 0 Å². The van der Waals surface area contributed by atoms with Crippen LogP contribution in [0.5, 0.6) is 0 Å². The van der Waals surface area contributed by atoms with Crippen LogP contribution in [0.15, 0.2) is 9.85 Å². The quantitative estimate of drug-likeness (QED) is 0.747. The number of thiophene rings is 1. The molecule has 1 rings (SSSR count). The summed E-state index contributed by atoms with van der Waals surface area (Å²) in [6, 6.07) is 1.61. The molecule has 5 heteroatoms. The van der Waals surface area contributed by atoms with Gasteiger partial charge in [-0.25, -0.2) is 0 Å². The predicted molar refractivity (Wildman–Crippen MR) is 44.9 cm³/mol. The average molecular weight is 221 g/mol. The molecular weight excluding hydrogens is 216 g/mol. The highest BCUT2D eigenvalue weighted by Crippen LogP contribution is 2.28. The van der Waals surface area contributed by atoms with Crippen LogP contribution >= 0.6 is 27.3 Å². The number of carbonyl (C=O) groups excluding carboxylic acids is 1. The molecular formula is C5H5BrN2OS. The second-order valence-corrected chi connectivity index (χ2v) is 4.16. The Labute approximate surface area is 70.1 Å². The van der Waals surface area contributed by atoms with E-state index in [0.717, 1.165) is 3.79 Å². The van der Waals surface area contributed by atoms with Gasteiger partial charge in [-0.05, 0) is 22.0 Å². The Balaban J connectivity index is 3.15. The van der Waals surface area contributed by atoms with Crippen LogP contribution in [0.4, 0.5) is 5.00 Å². The van der Waals surface area contributed by atoms with E-state index in [9.17, 15) is 4.79 Å². The third kappa shape index (κ3) is 1.30. The SMILES string of the molecule is NC(=O)c1cc(Br)sc1N. The van der Waals surface area contributed by atoms with Crippen LogP contribution < -0.4 is 11.5 Å². The highest BCUT2D eigenvalue weighted by atomic mass is 79.9. The van der Waals surface area contributed by atoms with Crippen LogP contribution in [0.2, 0.25) is 0 Å². The number of amides is 1. The number of nitrogen functional groups attached to an aromatic ring is 1. The molecule has 10 heavy (non-hydrogen) atoms. The summed E-state index contributed by atoms with van der Waals surface area (Å²) in [5, 5.41) is 0.458. The van der Waals surface area contributed by atoms with E-state index in [1.807, 2.05) is 0 Å². The Bertz CT molecular complexity index is 271. The van der Waals surface area contributed by atoms with Crippen LogP contribution in [-0.4, -0.2) is 5.91 Å². The Morgan fingerprint density at radius 2 is 2.30 bits per heavy atom. The number of rotatable bonds is 1. The predicted octanol–water partition coefficient (Wildman–Crippen LogP) is 1.19. The molecule has 54 valence electrons. The van der Waals surface area contributed by atoms with Crippen LogP contribution in [-0.2, 0) is 0 Å². The lowest BCUT2D eigenvalue weighted by molar-refractivity contribution is 0.100. The van der Waals surface area contributed by atoms with Crippen molar-refractivity contribution in [1.82, 2.24) is 0 Å².